The van der Waals surface area contributed by atoms with Crippen molar-refractivity contribution < 1.29 is 9.72 Å². The average Bonchev–Trinajstić information content (AvgIpc) is 3.01. The summed E-state index contributed by atoms with van der Waals surface area (Å²) >= 11 is 0. The van der Waals surface area contributed by atoms with E-state index in [1.807, 2.05) is 6.07 Å². The number of rotatable bonds is 4. The fourth-order valence-corrected chi connectivity index (χ4v) is 2.18. The van der Waals surface area contributed by atoms with Crippen molar-refractivity contribution in [1.82, 2.24) is 15.2 Å². The summed E-state index contributed by atoms with van der Waals surface area (Å²) in [6.45, 7) is 1.79. The van der Waals surface area contributed by atoms with Gasteiger partial charge in [-0.15, -0.1) is 0 Å². The summed E-state index contributed by atoms with van der Waals surface area (Å²) in [6.07, 6.45) is 0. The Labute approximate surface area is 136 Å². The number of H-pyrrole nitrogens is 1. The van der Waals surface area contributed by atoms with Crippen LogP contribution in [0.2, 0.25) is 0 Å². The predicted octanol–water partition coefficient (Wildman–Crippen LogP) is 2.94. The number of aromatic nitrogens is 3. The largest absolute Gasteiger partial charge is 0.321 e. The van der Waals surface area contributed by atoms with Gasteiger partial charge in [0.1, 0.15) is 5.82 Å². The Bertz CT molecular complexity index is 902. The number of benzene rings is 2. The maximum atomic E-state index is 12.4. The number of nitrogens with one attached hydrogen (secondary N) is 2. The van der Waals surface area contributed by atoms with E-state index < -0.39 is 4.92 Å². The monoisotopic (exact) mass is 323 g/mol. The fraction of sp³-hybridized carbons (Fsp3) is 0.0625. The van der Waals surface area contributed by atoms with Crippen molar-refractivity contribution in [2.75, 3.05) is 5.32 Å². The topological polar surface area (TPSA) is 114 Å². The van der Waals surface area contributed by atoms with Gasteiger partial charge in [0.2, 0.25) is 0 Å². The molecule has 0 saturated heterocycles. The van der Waals surface area contributed by atoms with E-state index in [4.69, 9.17) is 0 Å². The number of nitro benzene ring substituents is 1. The Kier molecular flexibility index (Phi) is 4.02. The Morgan fingerprint density at radius 2 is 1.88 bits per heavy atom. The number of carbonyl (C=O) groups is 1. The highest BCUT2D eigenvalue weighted by Crippen LogP contribution is 2.25. The SMILES string of the molecule is Cc1nc(-c2ccccc2NC(=O)c2ccc([N+](=O)[O-])cc2)n[nH]1. The first-order valence-electron chi connectivity index (χ1n) is 7.09. The second-order valence-electron chi connectivity index (χ2n) is 5.05. The molecule has 3 aromatic rings. The minimum absolute atomic E-state index is 0.0665. The lowest BCUT2D eigenvalue weighted by molar-refractivity contribution is -0.384. The maximum absolute atomic E-state index is 12.4. The van der Waals surface area contributed by atoms with E-state index >= 15 is 0 Å². The van der Waals surface area contributed by atoms with E-state index in [1.54, 1.807) is 25.1 Å². The summed E-state index contributed by atoms with van der Waals surface area (Å²) in [4.78, 5) is 26.8. The molecule has 120 valence electrons. The van der Waals surface area contributed by atoms with Gasteiger partial charge in [0, 0.05) is 23.3 Å². The van der Waals surface area contributed by atoms with Gasteiger partial charge in [0.05, 0.1) is 10.6 Å². The van der Waals surface area contributed by atoms with Crippen LogP contribution in [-0.2, 0) is 0 Å². The fourth-order valence-electron chi connectivity index (χ4n) is 2.18. The summed E-state index contributed by atoms with van der Waals surface area (Å²) in [5, 5.41) is 20.3. The number of hydrogen-bond acceptors (Lipinski definition) is 5. The number of hydrogen-bond donors (Lipinski definition) is 2. The van der Waals surface area contributed by atoms with Crippen LogP contribution in [-0.4, -0.2) is 26.0 Å². The van der Waals surface area contributed by atoms with Crippen LogP contribution in [0.3, 0.4) is 0 Å². The number of aromatic amines is 1. The summed E-state index contributed by atoms with van der Waals surface area (Å²) < 4.78 is 0. The predicted molar refractivity (Wildman–Crippen MR) is 87.6 cm³/mol. The van der Waals surface area contributed by atoms with Crippen LogP contribution in [0.15, 0.2) is 48.5 Å². The zero-order valence-corrected chi connectivity index (χ0v) is 12.7. The molecule has 0 radical (unpaired) electrons. The van der Waals surface area contributed by atoms with Crippen molar-refractivity contribution in [3.05, 3.63) is 70.0 Å². The summed E-state index contributed by atoms with van der Waals surface area (Å²) in [7, 11) is 0. The molecule has 0 atom stereocenters. The standard InChI is InChI=1S/C16H13N5O3/c1-10-17-15(20-19-10)13-4-2-3-5-14(13)18-16(22)11-6-8-12(9-7-11)21(23)24/h2-9H,1H3,(H,18,22)(H,17,19,20). The first-order chi connectivity index (χ1) is 11.5. The number of anilines is 1. The lowest BCUT2D eigenvalue weighted by atomic mass is 10.1. The number of nitro groups is 1. The van der Waals surface area contributed by atoms with Crippen molar-refractivity contribution in [3.8, 4) is 11.4 Å². The molecule has 0 spiro atoms. The van der Waals surface area contributed by atoms with E-state index in [0.717, 1.165) is 0 Å². The van der Waals surface area contributed by atoms with Gasteiger partial charge in [-0.2, -0.15) is 5.10 Å². The molecule has 0 aliphatic carbocycles. The smallest absolute Gasteiger partial charge is 0.269 e. The van der Waals surface area contributed by atoms with Gasteiger partial charge < -0.3 is 5.32 Å². The van der Waals surface area contributed by atoms with Gasteiger partial charge >= 0.3 is 0 Å². The quantitative estimate of drug-likeness (QED) is 0.566. The molecule has 0 fully saturated rings. The highest BCUT2D eigenvalue weighted by atomic mass is 16.6. The van der Waals surface area contributed by atoms with Crippen molar-refractivity contribution in [2.45, 2.75) is 6.92 Å². The molecule has 0 unspecified atom stereocenters. The molecule has 1 aromatic heterocycles. The van der Waals surface area contributed by atoms with Crippen LogP contribution in [0.5, 0.6) is 0 Å². The lowest BCUT2D eigenvalue weighted by Crippen LogP contribution is -2.12. The lowest BCUT2D eigenvalue weighted by Gasteiger charge is -2.09. The van der Waals surface area contributed by atoms with Crippen molar-refractivity contribution in [3.63, 3.8) is 0 Å². The molecule has 2 N–H and O–H groups in total. The molecule has 1 amide bonds. The van der Waals surface area contributed by atoms with E-state index in [-0.39, 0.29) is 11.6 Å². The van der Waals surface area contributed by atoms with Crippen LogP contribution in [0.4, 0.5) is 11.4 Å². The van der Waals surface area contributed by atoms with Gasteiger partial charge in [-0.1, -0.05) is 12.1 Å². The zero-order chi connectivity index (χ0) is 17.1. The summed E-state index contributed by atoms with van der Waals surface area (Å²) in [5.74, 6) is 0.776. The molecule has 3 rings (SSSR count). The molecule has 8 heteroatoms. The zero-order valence-electron chi connectivity index (χ0n) is 12.7. The Morgan fingerprint density at radius 1 is 1.17 bits per heavy atom. The molecule has 24 heavy (non-hydrogen) atoms. The number of para-hydroxylation sites is 1. The molecular weight excluding hydrogens is 310 g/mol. The number of nitrogens with zero attached hydrogens (tertiary/aromatic N) is 3. The normalized spacial score (nSPS) is 10.4. The van der Waals surface area contributed by atoms with Crippen LogP contribution < -0.4 is 5.32 Å². The van der Waals surface area contributed by atoms with Crippen molar-refractivity contribution in [2.24, 2.45) is 0 Å². The number of amides is 1. The van der Waals surface area contributed by atoms with Gasteiger partial charge in [0.25, 0.3) is 11.6 Å². The third-order valence-corrected chi connectivity index (χ3v) is 3.35. The minimum atomic E-state index is -0.511. The molecule has 0 aliphatic heterocycles. The van der Waals surface area contributed by atoms with E-state index in [2.05, 4.69) is 20.5 Å². The molecular formula is C16H13N5O3. The summed E-state index contributed by atoms with van der Waals surface area (Å²) in [5.41, 5.74) is 1.49. The van der Waals surface area contributed by atoms with Crippen LogP contribution in [0, 0.1) is 17.0 Å². The molecule has 2 aromatic carbocycles. The molecule has 0 saturated carbocycles. The Morgan fingerprint density at radius 3 is 2.50 bits per heavy atom. The van der Waals surface area contributed by atoms with Gasteiger partial charge in [-0.3, -0.25) is 20.0 Å². The van der Waals surface area contributed by atoms with Crippen LogP contribution in [0.1, 0.15) is 16.2 Å². The van der Waals surface area contributed by atoms with Gasteiger partial charge in [-0.25, -0.2) is 4.98 Å². The third kappa shape index (κ3) is 3.12. The third-order valence-electron chi connectivity index (χ3n) is 3.35. The highest BCUT2D eigenvalue weighted by Gasteiger charge is 2.14. The Balaban J connectivity index is 1.86. The van der Waals surface area contributed by atoms with Crippen molar-refractivity contribution in [1.29, 1.82) is 0 Å². The molecule has 1 heterocycles. The van der Waals surface area contributed by atoms with Crippen LogP contribution >= 0.6 is 0 Å². The van der Waals surface area contributed by atoms with Gasteiger partial charge in [0.15, 0.2) is 5.82 Å². The maximum Gasteiger partial charge on any atom is 0.269 e. The highest BCUT2D eigenvalue weighted by molar-refractivity contribution is 6.06. The van der Waals surface area contributed by atoms with Gasteiger partial charge in [-0.05, 0) is 31.2 Å². The van der Waals surface area contributed by atoms with Crippen molar-refractivity contribution >= 4 is 17.3 Å². The first-order valence-corrected chi connectivity index (χ1v) is 7.09. The van der Waals surface area contributed by atoms with E-state index in [1.165, 1.54) is 24.3 Å². The minimum Gasteiger partial charge on any atom is -0.321 e. The van der Waals surface area contributed by atoms with Crippen LogP contribution in [0.25, 0.3) is 11.4 Å². The number of non-ortho nitro benzene ring substituents is 1. The Hall–Kier alpha value is -3.55. The molecule has 0 aliphatic rings. The summed E-state index contributed by atoms with van der Waals surface area (Å²) in [6, 6.07) is 12.5. The average molecular weight is 323 g/mol. The van der Waals surface area contributed by atoms with E-state index in [0.29, 0.717) is 28.5 Å². The second-order valence-corrected chi connectivity index (χ2v) is 5.05. The number of carbonyl (C=O) groups excluding carboxylic acids is 1. The first kappa shape index (κ1) is 15.3. The van der Waals surface area contributed by atoms with E-state index in [9.17, 15) is 14.9 Å². The second kappa shape index (κ2) is 6.29. The molecule has 0 bridgehead atoms. The molecule has 8 nitrogen and oxygen atoms in total. The number of aryl methyl sites for hydroxylation is 1.